The van der Waals surface area contributed by atoms with Crippen LogP contribution in [0.15, 0.2) is 36.4 Å². The molecule has 0 heterocycles. The average Bonchev–Trinajstić information content (AvgIpc) is 2.60. The largest absolute Gasteiger partial charge is 0.507 e. The number of rotatable bonds is 7. The van der Waals surface area contributed by atoms with E-state index in [0.717, 1.165) is 0 Å². The van der Waals surface area contributed by atoms with Gasteiger partial charge in [0, 0.05) is 17.7 Å². The molecule has 2 aromatic carbocycles. The van der Waals surface area contributed by atoms with E-state index in [-0.39, 0.29) is 29.3 Å². The van der Waals surface area contributed by atoms with E-state index in [0.29, 0.717) is 17.1 Å². The van der Waals surface area contributed by atoms with Gasteiger partial charge in [0.15, 0.2) is 11.6 Å². The van der Waals surface area contributed by atoms with E-state index >= 15 is 0 Å². The summed E-state index contributed by atoms with van der Waals surface area (Å²) in [4.78, 5) is 24.7. The maximum absolute atomic E-state index is 12.4. The van der Waals surface area contributed by atoms with E-state index in [4.69, 9.17) is 14.2 Å². The minimum absolute atomic E-state index is 0.0415. The minimum Gasteiger partial charge on any atom is -0.507 e. The molecule has 0 radical (unpaired) electrons. The van der Waals surface area contributed by atoms with Crippen molar-refractivity contribution in [3.05, 3.63) is 47.5 Å². The lowest BCUT2D eigenvalue weighted by Crippen LogP contribution is -2.10. The molecule has 0 unspecified atom stereocenters. The van der Waals surface area contributed by atoms with Gasteiger partial charge in [-0.25, -0.2) is 0 Å². The quantitative estimate of drug-likeness (QED) is 0.621. The second kappa shape index (κ2) is 7.50. The van der Waals surface area contributed by atoms with E-state index in [2.05, 4.69) is 0 Å². The number of methoxy groups -OCH3 is 3. The number of hydrogen-bond acceptors (Lipinski definition) is 6. The number of carbonyl (C=O) groups is 2. The fourth-order valence-electron chi connectivity index (χ4n) is 2.25. The Hall–Kier alpha value is -3.02. The molecule has 0 aliphatic heterocycles. The SMILES string of the molecule is COc1ccc(C(=O)CC(=O)c2c(O)cc(OC)cc2OC)cc1. The van der Waals surface area contributed by atoms with Crippen molar-refractivity contribution in [3.8, 4) is 23.0 Å². The summed E-state index contributed by atoms with van der Waals surface area (Å²) in [7, 11) is 4.33. The van der Waals surface area contributed by atoms with Gasteiger partial charge in [0.1, 0.15) is 28.6 Å². The molecule has 0 saturated carbocycles. The van der Waals surface area contributed by atoms with Gasteiger partial charge in [0.05, 0.1) is 27.8 Å². The molecular weight excluding hydrogens is 312 g/mol. The molecule has 1 N–H and O–H groups in total. The maximum atomic E-state index is 12.4. The molecular formula is C18H18O6. The highest BCUT2D eigenvalue weighted by Crippen LogP contribution is 2.34. The first-order valence-corrected chi connectivity index (χ1v) is 7.15. The van der Waals surface area contributed by atoms with Gasteiger partial charge in [-0.15, -0.1) is 0 Å². The van der Waals surface area contributed by atoms with Crippen molar-refractivity contribution >= 4 is 11.6 Å². The van der Waals surface area contributed by atoms with Gasteiger partial charge in [-0.3, -0.25) is 9.59 Å². The summed E-state index contributed by atoms with van der Waals surface area (Å²) in [6.45, 7) is 0. The van der Waals surface area contributed by atoms with E-state index in [1.54, 1.807) is 24.3 Å². The molecule has 0 aromatic heterocycles. The number of aromatic hydroxyl groups is 1. The third kappa shape index (κ3) is 3.65. The summed E-state index contributed by atoms with van der Waals surface area (Å²) in [5.41, 5.74) is 0.344. The zero-order chi connectivity index (χ0) is 17.7. The zero-order valence-electron chi connectivity index (χ0n) is 13.7. The first-order chi connectivity index (χ1) is 11.5. The highest BCUT2D eigenvalue weighted by atomic mass is 16.5. The maximum Gasteiger partial charge on any atom is 0.178 e. The number of ether oxygens (including phenoxy) is 3. The average molecular weight is 330 g/mol. The molecule has 2 aromatic rings. The Kier molecular flexibility index (Phi) is 5.42. The van der Waals surface area contributed by atoms with Crippen LogP contribution in [-0.4, -0.2) is 38.0 Å². The van der Waals surface area contributed by atoms with Crippen LogP contribution in [0.25, 0.3) is 0 Å². The van der Waals surface area contributed by atoms with Gasteiger partial charge in [0.25, 0.3) is 0 Å². The van der Waals surface area contributed by atoms with Crippen molar-refractivity contribution in [2.45, 2.75) is 6.42 Å². The fourth-order valence-corrected chi connectivity index (χ4v) is 2.25. The van der Waals surface area contributed by atoms with Crippen LogP contribution < -0.4 is 14.2 Å². The first-order valence-electron chi connectivity index (χ1n) is 7.15. The summed E-state index contributed by atoms with van der Waals surface area (Å²) in [6.07, 6.45) is -0.386. The van der Waals surface area contributed by atoms with Gasteiger partial charge in [0.2, 0.25) is 0 Å². The normalized spacial score (nSPS) is 10.1. The van der Waals surface area contributed by atoms with E-state index in [9.17, 15) is 14.7 Å². The van der Waals surface area contributed by atoms with Crippen LogP contribution in [0.5, 0.6) is 23.0 Å². The second-order valence-corrected chi connectivity index (χ2v) is 4.98. The summed E-state index contributed by atoms with van der Waals surface area (Å²) in [5, 5.41) is 10.0. The van der Waals surface area contributed by atoms with Gasteiger partial charge in [-0.05, 0) is 24.3 Å². The van der Waals surface area contributed by atoms with Gasteiger partial charge < -0.3 is 19.3 Å². The highest BCUT2D eigenvalue weighted by molar-refractivity contribution is 6.15. The van der Waals surface area contributed by atoms with Crippen LogP contribution in [-0.2, 0) is 0 Å². The number of phenolic OH excluding ortho intramolecular Hbond substituents is 1. The minimum atomic E-state index is -0.534. The lowest BCUT2D eigenvalue weighted by atomic mass is 10.00. The summed E-state index contributed by atoms with van der Waals surface area (Å²) in [6, 6.07) is 9.23. The summed E-state index contributed by atoms with van der Waals surface area (Å²) in [5.74, 6) is -0.0689. The molecule has 126 valence electrons. The van der Waals surface area contributed by atoms with E-state index in [1.807, 2.05) is 0 Å². The molecule has 0 aliphatic rings. The van der Waals surface area contributed by atoms with Crippen molar-refractivity contribution in [2.24, 2.45) is 0 Å². The smallest absolute Gasteiger partial charge is 0.178 e. The first kappa shape index (κ1) is 17.3. The number of carbonyl (C=O) groups excluding carboxylic acids is 2. The zero-order valence-corrected chi connectivity index (χ0v) is 13.7. The number of benzene rings is 2. The molecule has 0 bridgehead atoms. The Morgan fingerprint density at radius 1 is 0.875 bits per heavy atom. The Labute approximate surface area is 139 Å². The second-order valence-electron chi connectivity index (χ2n) is 4.98. The van der Waals surface area contributed by atoms with E-state index < -0.39 is 5.78 Å². The molecule has 0 atom stereocenters. The van der Waals surface area contributed by atoms with Crippen molar-refractivity contribution < 1.29 is 28.9 Å². The molecule has 6 heteroatoms. The standard InChI is InChI=1S/C18H18O6/c1-22-12-6-4-11(5-7-12)14(19)10-16(21)18-15(20)8-13(23-2)9-17(18)24-3/h4-9,20H,10H2,1-3H3. The Morgan fingerprint density at radius 2 is 1.50 bits per heavy atom. The molecule has 0 fully saturated rings. The third-order valence-corrected chi connectivity index (χ3v) is 3.52. The number of hydrogen-bond donors (Lipinski definition) is 1. The Balaban J connectivity index is 2.24. The molecule has 2 rings (SSSR count). The molecule has 0 aliphatic carbocycles. The van der Waals surface area contributed by atoms with Gasteiger partial charge in [-0.2, -0.15) is 0 Å². The highest BCUT2D eigenvalue weighted by Gasteiger charge is 2.22. The Bertz CT molecular complexity index is 749. The lowest BCUT2D eigenvalue weighted by molar-refractivity contribution is 0.0891. The van der Waals surface area contributed by atoms with Crippen LogP contribution in [0.2, 0.25) is 0 Å². The summed E-state index contributed by atoms with van der Waals surface area (Å²) >= 11 is 0. The van der Waals surface area contributed by atoms with Gasteiger partial charge in [-0.1, -0.05) is 0 Å². The number of ketones is 2. The molecule has 24 heavy (non-hydrogen) atoms. The Morgan fingerprint density at radius 3 is 2.04 bits per heavy atom. The molecule has 0 amide bonds. The third-order valence-electron chi connectivity index (χ3n) is 3.52. The predicted molar refractivity (Wildman–Crippen MR) is 87.5 cm³/mol. The molecule has 0 saturated heterocycles. The van der Waals surface area contributed by atoms with Gasteiger partial charge >= 0.3 is 0 Å². The van der Waals surface area contributed by atoms with Crippen LogP contribution in [0.3, 0.4) is 0 Å². The summed E-state index contributed by atoms with van der Waals surface area (Å²) < 4.78 is 15.2. The number of Topliss-reactive ketones (excluding diaryl/α,β-unsaturated/α-hetero) is 2. The van der Waals surface area contributed by atoms with Crippen LogP contribution >= 0.6 is 0 Å². The monoisotopic (exact) mass is 330 g/mol. The number of phenols is 1. The van der Waals surface area contributed by atoms with Crippen LogP contribution in [0, 0.1) is 0 Å². The fraction of sp³-hybridized carbons (Fsp3) is 0.222. The van der Waals surface area contributed by atoms with Crippen LogP contribution in [0.1, 0.15) is 27.1 Å². The van der Waals surface area contributed by atoms with Crippen LogP contribution in [0.4, 0.5) is 0 Å². The topological polar surface area (TPSA) is 82.1 Å². The molecule has 0 spiro atoms. The lowest BCUT2D eigenvalue weighted by Gasteiger charge is -2.11. The van der Waals surface area contributed by atoms with Crippen molar-refractivity contribution in [2.75, 3.05) is 21.3 Å². The van der Waals surface area contributed by atoms with Crippen molar-refractivity contribution in [1.29, 1.82) is 0 Å². The van der Waals surface area contributed by atoms with E-state index in [1.165, 1.54) is 33.5 Å². The van der Waals surface area contributed by atoms with Crippen molar-refractivity contribution in [1.82, 2.24) is 0 Å². The predicted octanol–water partition coefficient (Wildman–Crippen LogP) is 2.87. The van der Waals surface area contributed by atoms with Crippen molar-refractivity contribution in [3.63, 3.8) is 0 Å². The molecule has 6 nitrogen and oxygen atoms in total.